The maximum atomic E-state index is 12.6. The Morgan fingerprint density at radius 2 is 1.79 bits per heavy atom. The summed E-state index contributed by atoms with van der Waals surface area (Å²) in [5.41, 5.74) is 0.955. The molecule has 24 heavy (non-hydrogen) atoms. The number of carbonyl (C=O) groups excluding carboxylic acids is 2. The van der Waals surface area contributed by atoms with Crippen molar-refractivity contribution in [2.75, 3.05) is 19.6 Å². The van der Waals surface area contributed by atoms with E-state index in [-0.39, 0.29) is 18.4 Å². The van der Waals surface area contributed by atoms with Gasteiger partial charge >= 0.3 is 0 Å². The van der Waals surface area contributed by atoms with E-state index >= 15 is 0 Å². The number of thiocarbonyl (C=S) groups is 1. The molecule has 0 aromatic heterocycles. The molecule has 6 heteroatoms. The van der Waals surface area contributed by atoms with Gasteiger partial charge in [-0.25, -0.2) is 0 Å². The number of hydrogen-bond donors (Lipinski definition) is 0. The molecule has 126 valence electrons. The topological polar surface area (TPSA) is 40.6 Å². The lowest BCUT2D eigenvalue weighted by atomic mass is 10.2. The van der Waals surface area contributed by atoms with Gasteiger partial charge in [-0.1, -0.05) is 67.2 Å². The van der Waals surface area contributed by atoms with Crippen molar-refractivity contribution in [2.45, 2.75) is 25.7 Å². The van der Waals surface area contributed by atoms with Crippen LogP contribution in [0.25, 0.3) is 6.08 Å². The van der Waals surface area contributed by atoms with Gasteiger partial charge in [-0.15, -0.1) is 0 Å². The van der Waals surface area contributed by atoms with Gasteiger partial charge in [-0.3, -0.25) is 14.5 Å². The summed E-state index contributed by atoms with van der Waals surface area (Å²) in [6, 6.07) is 9.66. The summed E-state index contributed by atoms with van der Waals surface area (Å²) in [6.07, 6.45) is 6.25. The van der Waals surface area contributed by atoms with Crippen LogP contribution in [0.5, 0.6) is 0 Å². The number of rotatable bonds is 3. The number of benzene rings is 1. The lowest BCUT2D eigenvalue weighted by molar-refractivity contribution is -0.135. The van der Waals surface area contributed by atoms with Crippen molar-refractivity contribution in [1.29, 1.82) is 0 Å². The Morgan fingerprint density at radius 1 is 1.12 bits per heavy atom. The normalized spacial score (nSPS) is 20.6. The van der Waals surface area contributed by atoms with Crippen LogP contribution >= 0.6 is 24.0 Å². The van der Waals surface area contributed by atoms with Crippen molar-refractivity contribution in [3.05, 3.63) is 40.8 Å². The van der Waals surface area contributed by atoms with Gasteiger partial charge in [0.25, 0.3) is 5.91 Å². The van der Waals surface area contributed by atoms with Gasteiger partial charge in [-0.05, 0) is 24.5 Å². The molecule has 2 fully saturated rings. The lowest BCUT2D eigenvalue weighted by Gasteiger charge is -2.23. The van der Waals surface area contributed by atoms with Crippen LogP contribution in [0.15, 0.2) is 35.2 Å². The van der Waals surface area contributed by atoms with Crippen LogP contribution in [-0.4, -0.2) is 45.6 Å². The molecule has 4 nitrogen and oxygen atoms in total. The van der Waals surface area contributed by atoms with Crippen LogP contribution in [0.4, 0.5) is 0 Å². The highest BCUT2D eigenvalue weighted by Gasteiger charge is 2.34. The highest BCUT2D eigenvalue weighted by molar-refractivity contribution is 8.26. The zero-order valence-electron chi connectivity index (χ0n) is 13.4. The number of likely N-dealkylation sites (tertiary alicyclic amines) is 1. The molecule has 0 atom stereocenters. The number of nitrogens with zero attached hydrogens (tertiary/aromatic N) is 2. The fourth-order valence-corrected chi connectivity index (χ4v) is 4.15. The van der Waals surface area contributed by atoms with Gasteiger partial charge in [0.15, 0.2) is 0 Å². The molecule has 0 N–H and O–H groups in total. The maximum absolute atomic E-state index is 12.6. The lowest BCUT2D eigenvalue weighted by Crippen LogP contribution is -2.42. The van der Waals surface area contributed by atoms with Crippen molar-refractivity contribution >= 4 is 46.2 Å². The molecule has 0 saturated carbocycles. The molecule has 2 saturated heterocycles. The predicted octanol–water partition coefficient (Wildman–Crippen LogP) is 3.29. The third-order valence-corrected chi connectivity index (χ3v) is 5.60. The minimum absolute atomic E-state index is 0.00541. The fraction of sp³-hybridized carbons (Fsp3) is 0.389. The first kappa shape index (κ1) is 17.2. The molecular formula is C18H20N2O2S2. The minimum Gasteiger partial charge on any atom is -0.341 e. The van der Waals surface area contributed by atoms with Crippen LogP contribution < -0.4 is 0 Å². The molecule has 0 aliphatic carbocycles. The average Bonchev–Trinajstić information content (AvgIpc) is 2.80. The Balaban J connectivity index is 1.68. The van der Waals surface area contributed by atoms with E-state index in [1.54, 1.807) is 0 Å². The first-order valence-corrected chi connectivity index (χ1v) is 9.46. The third kappa shape index (κ3) is 4.05. The van der Waals surface area contributed by atoms with Crippen molar-refractivity contribution < 1.29 is 9.59 Å². The minimum atomic E-state index is -0.169. The van der Waals surface area contributed by atoms with E-state index in [1.165, 1.54) is 29.5 Å². The summed E-state index contributed by atoms with van der Waals surface area (Å²) in [5, 5.41) is 0. The zero-order chi connectivity index (χ0) is 16.9. The molecule has 0 bridgehead atoms. The van der Waals surface area contributed by atoms with E-state index < -0.39 is 0 Å². The summed E-state index contributed by atoms with van der Waals surface area (Å²) >= 11 is 6.58. The van der Waals surface area contributed by atoms with Gasteiger partial charge in [0.1, 0.15) is 10.9 Å². The highest BCUT2D eigenvalue weighted by Crippen LogP contribution is 2.32. The molecule has 1 aromatic rings. The van der Waals surface area contributed by atoms with Gasteiger partial charge in [0.05, 0.1) is 4.91 Å². The SMILES string of the molecule is O=C(CN1C(=O)C(=Cc2ccccc2)SC1=S)N1CCCCCC1. The largest absolute Gasteiger partial charge is 0.341 e. The molecule has 0 radical (unpaired) electrons. The van der Waals surface area contributed by atoms with Crippen LogP contribution in [0.2, 0.25) is 0 Å². The zero-order valence-corrected chi connectivity index (χ0v) is 15.1. The quantitative estimate of drug-likeness (QED) is 0.613. The smallest absolute Gasteiger partial charge is 0.266 e. The van der Waals surface area contributed by atoms with E-state index in [1.807, 2.05) is 41.3 Å². The number of amides is 2. The molecule has 2 amide bonds. The van der Waals surface area contributed by atoms with Crippen LogP contribution in [0.1, 0.15) is 31.2 Å². The third-order valence-electron chi connectivity index (χ3n) is 4.22. The Hall–Kier alpha value is -1.66. The van der Waals surface area contributed by atoms with Crippen LogP contribution in [-0.2, 0) is 9.59 Å². The first-order chi connectivity index (χ1) is 11.6. The van der Waals surface area contributed by atoms with Gasteiger partial charge in [-0.2, -0.15) is 0 Å². The van der Waals surface area contributed by atoms with E-state index in [4.69, 9.17) is 12.2 Å². The molecule has 2 aliphatic heterocycles. The maximum Gasteiger partial charge on any atom is 0.266 e. The summed E-state index contributed by atoms with van der Waals surface area (Å²) in [7, 11) is 0. The summed E-state index contributed by atoms with van der Waals surface area (Å²) in [4.78, 5) is 29.0. The molecule has 3 rings (SSSR count). The molecular weight excluding hydrogens is 340 g/mol. The summed E-state index contributed by atoms with van der Waals surface area (Å²) in [6.45, 7) is 1.62. The van der Waals surface area contributed by atoms with Crippen molar-refractivity contribution in [2.24, 2.45) is 0 Å². The van der Waals surface area contributed by atoms with Crippen LogP contribution in [0, 0.1) is 0 Å². The van der Waals surface area contributed by atoms with E-state index in [0.717, 1.165) is 31.5 Å². The molecule has 1 aromatic carbocycles. The van der Waals surface area contributed by atoms with Crippen molar-refractivity contribution in [3.63, 3.8) is 0 Å². The average molecular weight is 361 g/mol. The second-order valence-electron chi connectivity index (χ2n) is 5.97. The van der Waals surface area contributed by atoms with Crippen molar-refractivity contribution in [3.8, 4) is 0 Å². The van der Waals surface area contributed by atoms with Gasteiger partial charge in [0, 0.05) is 13.1 Å². The first-order valence-electron chi connectivity index (χ1n) is 8.23. The van der Waals surface area contributed by atoms with E-state index in [2.05, 4.69) is 0 Å². The highest BCUT2D eigenvalue weighted by atomic mass is 32.2. The standard InChI is InChI=1S/C18H20N2O2S2/c21-16(19-10-6-1-2-7-11-19)13-20-17(22)15(24-18(20)23)12-14-8-4-3-5-9-14/h3-5,8-9,12H,1-2,6-7,10-11,13H2. The summed E-state index contributed by atoms with van der Waals surface area (Å²) in [5.74, 6) is -0.175. The van der Waals surface area contributed by atoms with E-state index in [9.17, 15) is 9.59 Å². The second kappa shape index (κ2) is 7.94. The number of hydrogen-bond acceptors (Lipinski definition) is 4. The molecule has 2 heterocycles. The number of thioether (sulfide) groups is 1. The Labute approximate surface area is 151 Å². The molecule has 0 unspecified atom stereocenters. The monoisotopic (exact) mass is 360 g/mol. The van der Waals surface area contributed by atoms with Gasteiger partial charge < -0.3 is 4.90 Å². The molecule has 0 spiro atoms. The Morgan fingerprint density at radius 3 is 2.46 bits per heavy atom. The second-order valence-corrected chi connectivity index (χ2v) is 7.65. The summed E-state index contributed by atoms with van der Waals surface area (Å²) < 4.78 is 0.463. The fourth-order valence-electron chi connectivity index (χ4n) is 2.89. The predicted molar refractivity (Wildman–Crippen MR) is 101 cm³/mol. The van der Waals surface area contributed by atoms with Gasteiger partial charge in [0.2, 0.25) is 5.91 Å². The van der Waals surface area contributed by atoms with Crippen molar-refractivity contribution in [1.82, 2.24) is 9.80 Å². The Kier molecular flexibility index (Phi) is 5.68. The molecule has 2 aliphatic rings. The van der Waals surface area contributed by atoms with E-state index in [0.29, 0.717) is 9.23 Å². The number of carbonyl (C=O) groups is 2. The van der Waals surface area contributed by atoms with Crippen LogP contribution in [0.3, 0.4) is 0 Å². The Bertz CT molecular complexity index is 665.